The molecule has 8 heteroatoms. The van der Waals surface area contributed by atoms with Gasteiger partial charge in [0.2, 0.25) is 0 Å². The lowest BCUT2D eigenvalue weighted by molar-refractivity contribution is -0.130. The Labute approximate surface area is 236 Å². The van der Waals surface area contributed by atoms with Crippen molar-refractivity contribution < 1.29 is 9.18 Å². The maximum Gasteiger partial charge on any atom is 0.253 e. The summed E-state index contributed by atoms with van der Waals surface area (Å²) >= 11 is 6.64. The largest absolute Gasteiger partial charge is 0.342 e. The van der Waals surface area contributed by atoms with Gasteiger partial charge in [0.05, 0.1) is 22.4 Å². The number of carbonyl (C=O) groups excluding carboxylic acids is 1. The first-order valence-corrected chi connectivity index (χ1v) is 14.8. The van der Waals surface area contributed by atoms with Gasteiger partial charge in [-0.2, -0.15) is 5.10 Å². The van der Waals surface area contributed by atoms with Gasteiger partial charge >= 0.3 is 0 Å². The van der Waals surface area contributed by atoms with Crippen LogP contribution in [0.15, 0.2) is 111 Å². The molecule has 3 aromatic carbocycles. The average molecular weight is 605 g/mol. The topological polar surface area (TPSA) is 37.6 Å². The number of aromatic nitrogens is 1. The van der Waals surface area contributed by atoms with E-state index in [0.29, 0.717) is 6.42 Å². The third-order valence-corrected chi connectivity index (χ3v) is 9.07. The van der Waals surface area contributed by atoms with E-state index >= 15 is 0 Å². The second-order valence-corrected chi connectivity index (χ2v) is 12.0. The number of hydrogen-bond donors (Lipinski definition) is 0. The van der Waals surface area contributed by atoms with Crippen LogP contribution < -0.4 is 0 Å². The molecule has 0 saturated carbocycles. The van der Waals surface area contributed by atoms with Crippen molar-refractivity contribution in [3.8, 4) is 0 Å². The Morgan fingerprint density at radius 2 is 1.82 bits per heavy atom. The molecule has 190 valence electrons. The zero-order valence-corrected chi connectivity index (χ0v) is 23.5. The van der Waals surface area contributed by atoms with Gasteiger partial charge in [-0.3, -0.25) is 4.79 Å². The number of thiophene rings is 1. The van der Waals surface area contributed by atoms with Crippen LogP contribution in [0.2, 0.25) is 0 Å². The minimum Gasteiger partial charge on any atom is -0.342 e. The number of para-hydroxylation sites is 1. The monoisotopic (exact) mass is 603 g/mol. The van der Waals surface area contributed by atoms with E-state index in [0.717, 1.165) is 43.0 Å². The van der Waals surface area contributed by atoms with Crippen LogP contribution in [0.4, 0.5) is 4.39 Å². The number of hydrazone groups is 1. The number of benzene rings is 3. The second kappa shape index (κ2) is 10.9. The van der Waals surface area contributed by atoms with Crippen LogP contribution in [-0.4, -0.2) is 26.9 Å². The Kier molecular flexibility index (Phi) is 7.19. The molecule has 0 unspecified atom stereocenters. The number of halogens is 2. The summed E-state index contributed by atoms with van der Waals surface area (Å²) in [7, 11) is 0. The maximum atomic E-state index is 13.6. The molecule has 38 heavy (non-hydrogen) atoms. The Morgan fingerprint density at radius 3 is 2.58 bits per heavy atom. The highest BCUT2D eigenvalue weighted by molar-refractivity contribution is 9.10. The molecule has 0 N–H and O–H groups in total. The first-order chi connectivity index (χ1) is 18.5. The molecule has 1 aliphatic heterocycles. The Bertz CT molecular complexity index is 1610. The van der Waals surface area contributed by atoms with Gasteiger partial charge in [-0.15, -0.1) is 23.1 Å². The number of hydrogen-bond acceptors (Lipinski definition) is 4. The fraction of sp³-hybridized carbons (Fsp3) is 0.133. The quantitative estimate of drug-likeness (QED) is 0.176. The molecule has 4 nitrogen and oxygen atoms in total. The fourth-order valence-electron chi connectivity index (χ4n) is 4.73. The van der Waals surface area contributed by atoms with Crippen LogP contribution in [0.3, 0.4) is 0 Å². The number of nitrogens with zero attached hydrogens (tertiary/aromatic N) is 3. The molecule has 3 heterocycles. The lowest BCUT2D eigenvalue weighted by Gasteiger charge is -2.22. The van der Waals surface area contributed by atoms with Crippen molar-refractivity contribution in [3.05, 3.63) is 123 Å². The zero-order chi connectivity index (χ0) is 26.1. The molecule has 0 saturated heterocycles. The van der Waals surface area contributed by atoms with Gasteiger partial charge in [0.25, 0.3) is 5.91 Å². The van der Waals surface area contributed by atoms with Crippen LogP contribution in [-0.2, 0) is 11.3 Å². The number of rotatable bonds is 7. The summed E-state index contributed by atoms with van der Waals surface area (Å²) in [5, 5.41) is 9.48. The predicted octanol–water partition coefficient (Wildman–Crippen LogP) is 8.12. The van der Waals surface area contributed by atoms with Gasteiger partial charge < -0.3 is 4.57 Å². The molecular formula is C30H23BrFN3OS2. The molecule has 1 amide bonds. The van der Waals surface area contributed by atoms with Crippen molar-refractivity contribution in [1.82, 2.24) is 9.58 Å². The smallest absolute Gasteiger partial charge is 0.253 e. The first-order valence-electron chi connectivity index (χ1n) is 12.2. The fourth-order valence-corrected chi connectivity index (χ4v) is 6.65. The van der Waals surface area contributed by atoms with Crippen LogP contribution in [0.25, 0.3) is 10.9 Å². The van der Waals surface area contributed by atoms with E-state index in [4.69, 9.17) is 5.10 Å². The highest BCUT2D eigenvalue weighted by Gasteiger charge is 2.33. The summed E-state index contributed by atoms with van der Waals surface area (Å²) in [6.45, 7) is 0.746. The maximum absolute atomic E-state index is 13.6. The Hall–Kier alpha value is -3.20. The van der Waals surface area contributed by atoms with Crippen LogP contribution in [0, 0.1) is 5.82 Å². The molecule has 0 spiro atoms. The lowest BCUT2D eigenvalue weighted by Crippen LogP contribution is -2.28. The average Bonchev–Trinajstić information content (AvgIpc) is 3.69. The minimum absolute atomic E-state index is 0.0689. The highest BCUT2D eigenvalue weighted by Crippen LogP contribution is 2.36. The van der Waals surface area contributed by atoms with Crippen LogP contribution in [0.5, 0.6) is 0 Å². The second-order valence-electron chi connectivity index (χ2n) is 9.09. The van der Waals surface area contributed by atoms with E-state index in [-0.39, 0.29) is 23.5 Å². The standard InChI is InChI=1S/C30H23BrFN3OS2/c31-22-11-7-20(8-12-22)17-34-18-29(24-4-1-2-5-26(24)34)38-19-30(36)35-27(21-9-13-23(32)14-10-21)16-25(33-35)28-6-3-15-37-28/h1-15,18,27H,16-17,19H2/t27-/m0/s1. The van der Waals surface area contributed by atoms with Crippen LogP contribution in [0.1, 0.15) is 28.5 Å². The Balaban J connectivity index is 1.24. The van der Waals surface area contributed by atoms with Crippen LogP contribution >= 0.6 is 39.0 Å². The van der Waals surface area contributed by atoms with Gasteiger partial charge in [0.1, 0.15) is 5.82 Å². The summed E-state index contributed by atoms with van der Waals surface area (Å²) < 4.78 is 16.9. The Morgan fingerprint density at radius 1 is 1.03 bits per heavy atom. The van der Waals surface area contributed by atoms with E-state index in [1.165, 1.54) is 29.5 Å². The predicted molar refractivity (Wildman–Crippen MR) is 157 cm³/mol. The van der Waals surface area contributed by atoms with Gasteiger partial charge in [-0.25, -0.2) is 9.40 Å². The summed E-state index contributed by atoms with van der Waals surface area (Å²) in [6.07, 6.45) is 2.74. The van der Waals surface area contributed by atoms with Crippen molar-refractivity contribution in [3.63, 3.8) is 0 Å². The number of carbonyl (C=O) groups is 1. The third kappa shape index (κ3) is 5.21. The molecule has 0 fully saturated rings. The van der Waals surface area contributed by atoms with Gasteiger partial charge in [0.15, 0.2) is 0 Å². The van der Waals surface area contributed by atoms with E-state index in [9.17, 15) is 9.18 Å². The molecule has 0 bridgehead atoms. The molecule has 1 atom stereocenters. The molecule has 6 rings (SSSR count). The SMILES string of the molecule is O=C(CSc1cn(Cc2ccc(Br)cc2)c2ccccc12)N1N=C(c2cccs2)C[C@H]1c1ccc(F)cc1. The van der Waals surface area contributed by atoms with Crippen molar-refractivity contribution in [2.24, 2.45) is 5.10 Å². The highest BCUT2D eigenvalue weighted by atomic mass is 79.9. The van der Waals surface area contributed by atoms with E-state index in [2.05, 4.69) is 51.0 Å². The number of amides is 1. The zero-order valence-electron chi connectivity index (χ0n) is 20.3. The first kappa shape index (κ1) is 25.1. The normalized spacial score (nSPS) is 15.3. The number of thioether (sulfide) groups is 1. The van der Waals surface area contributed by atoms with Gasteiger partial charge in [0, 0.05) is 39.4 Å². The summed E-state index contributed by atoms with van der Waals surface area (Å²) in [5.41, 5.74) is 4.11. The van der Waals surface area contributed by atoms with E-state index in [1.807, 2.05) is 41.8 Å². The minimum atomic E-state index is -0.292. The lowest BCUT2D eigenvalue weighted by atomic mass is 10.0. The third-order valence-electron chi connectivity index (χ3n) is 6.60. The molecule has 1 aliphatic rings. The van der Waals surface area contributed by atoms with Crippen molar-refractivity contribution >= 4 is 61.6 Å². The molecule has 2 aromatic heterocycles. The summed E-state index contributed by atoms with van der Waals surface area (Å²) in [4.78, 5) is 15.7. The summed E-state index contributed by atoms with van der Waals surface area (Å²) in [5.74, 6) is -0.106. The van der Waals surface area contributed by atoms with Crippen molar-refractivity contribution in [2.75, 3.05) is 5.75 Å². The molecular weight excluding hydrogens is 581 g/mol. The molecule has 5 aromatic rings. The van der Waals surface area contributed by atoms with E-state index in [1.54, 1.807) is 28.5 Å². The molecule has 0 radical (unpaired) electrons. The number of fused-ring (bicyclic) bond motifs is 1. The molecule has 0 aliphatic carbocycles. The van der Waals surface area contributed by atoms with Crippen molar-refractivity contribution in [2.45, 2.75) is 23.9 Å². The summed E-state index contributed by atoms with van der Waals surface area (Å²) in [6, 6.07) is 26.7. The van der Waals surface area contributed by atoms with Gasteiger partial charge in [-0.1, -0.05) is 64.5 Å². The van der Waals surface area contributed by atoms with E-state index < -0.39 is 0 Å². The van der Waals surface area contributed by atoms with Crippen molar-refractivity contribution in [1.29, 1.82) is 0 Å². The van der Waals surface area contributed by atoms with Gasteiger partial charge in [-0.05, 0) is 52.9 Å².